The van der Waals surface area contributed by atoms with Crippen molar-refractivity contribution in [1.29, 1.82) is 0 Å². The molecule has 0 radical (unpaired) electrons. The Hall–Kier alpha value is -1.35. The molecule has 0 amide bonds. The van der Waals surface area contributed by atoms with Gasteiger partial charge in [0.1, 0.15) is 0 Å². The minimum absolute atomic E-state index is 0.0910. The van der Waals surface area contributed by atoms with Crippen molar-refractivity contribution in [3.63, 3.8) is 0 Å². The van der Waals surface area contributed by atoms with Crippen LogP contribution in [0.2, 0.25) is 0 Å². The molecule has 1 aromatic heterocycles. The Morgan fingerprint density at radius 1 is 1.42 bits per heavy atom. The summed E-state index contributed by atoms with van der Waals surface area (Å²) in [6, 6.07) is 0. The van der Waals surface area contributed by atoms with Crippen molar-refractivity contribution in [2.24, 2.45) is 11.8 Å². The lowest BCUT2D eigenvalue weighted by Gasteiger charge is -2.22. The lowest BCUT2D eigenvalue weighted by molar-refractivity contribution is 0.152. The van der Waals surface area contributed by atoms with Gasteiger partial charge in [-0.25, -0.2) is 0 Å². The van der Waals surface area contributed by atoms with Crippen molar-refractivity contribution in [3.8, 4) is 0 Å². The van der Waals surface area contributed by atoms with E-state index in [4.69, 9.17) is 0 Å². The molecule has 1 unspecified atom stereocenters. The highest BCUT2D eigenvalue weighted by molar-refractivity contribution is 5.74. The fraction of sp³-hybridized carbons (Fsp3) is 0.562. The first kappa shape index (κ1) is 12.7. The van der Waals surface area contributed by atoms with Gasteiger partial charge in [-0.1, -0.05) is 18.2 Å². The van der Waals surface area contributed by atoms with Crippen LogP contribution in [0.25, 0.3) is 5.57 Å². The summed E-state index contributed by atoms with van der Waals surface area (Å²) in [7, 11) is 0. The molecule has 1 N–H and O–H groups in total. The number of aliphatic hydroxyl groups is 1. The smallest absolute Gasteiger partial charge is 0.0801 e. The molecule has 3 nitrogen and oxygen atoms in total. The molecular formula is C16H22N2O. The van der Waals surface area contributed by atoms with Crippen molar-refractivity contribution >= 4 is 5.57 Å². The summed E-state index contributed by atoms with van der Waals surface area (Å²) in [6.45, 7) is 4.07. The van der Waals surface area contributed by atoms with Crippen molar-refractivity contribution < 1.29 is 5.11 Å². The average Bonchev–Trinajstić information content (AvgIpc) is 3.15. The zero-order valence-corrected chi connectivity index (χ0v) is 11.7. The van der Waals surface area contributed by atoms with Gasteiger partial charge in [-0.2, -0.15) is 5.10 Å². The quantitative estimate of drug-likeness (QED) is 0.901. The molecule has 19 heavy (non-hydrogen) atoms. The van der Waals surface area contributed by atoms with Gasteiger partial charge in [-0.05, 0) is 50.5 Å². The standard InChI is InChI=1S/C16H22N2O/c1-16(2,11-19)18-10-15(9-17-18)14-5-3-4-13(8-14)12-6-7-12/h3,5,8-10,12-13,19H,4,6-7,11H2,1-2H3. The Morgan fingerprint density at radius 2 is 2.21 bits per heavy atom. The number of aliphatic hydroxyl groups excluding tert-OH is 1. The second kappa shape index (κ2) is 4.64. The number of nitrogens with zero attached hydrogens (tertiary/aromatic N) is 2. The summed E-state index contributed by atoms with van der Waals surface area (Å²) >= 11 is 0. The number of aromatic nitrogens is 2. The molecule has 2 aliphatic carbocycles. The van der Waals surface area contributed by atoms with Crippen LogP contribution in [-0.2, 0) is 5.54 Å². The summed E-state index contributed by atoms with van der Waals surface area (Å²) in [6.07, 6.45) is 14.8. The molecule has 3 heteroatoms. The first-order chi connectivity index (χ1) is 9.10. The van der Waals surface area contributed by atoms with Crippen molar-refractivity contribution in [2.75, 3.05) is 6.61 Å². The van der Waals surface area contributed by atoms with E-state index in [0.717, 1.165) is 11.5 Å². The maximum atomic E-state index is 9.40. The van der Waals surface area contributed by atoms with E-state index >= 15 is 0 Å². The zero-order valence-electron chi connectivity index (χ0n) is 11.7. The summed E-state index contributed by atoms with van der Waals surface area (Å²) in [5, 5.41) is 13.8. The summed E-state index contributed by atoms with van der Waals surface area (Å²) < 4.78 is 1.86. The van der Waals surface area contributed by atoms with Gasteiger partial charge in [0.05, 0.1) is 18.3 Å². The molecule has 1 saturated carbocycles. The largest absolute Gasteiger partial charge is 0.394 e. The van der Waals surface area contributed by atoms with Gasteiger partial charge in [0.15, 0.2) is 0 Å². The van der Waals surface area contributed by atoms with Gasteiger partial charge in [0.25, 0.3) is 0 Å². The third-order valence-corrected chi connectivity index (χ3v) is 4.25. The minimum Gasteiger partial charge on any atom is -0.394 e. The Kier molecular flexibility index (Phi) is 3.09. The highest BCUT2D eigenvalue weighted by atomic mass is 16.3. The SMILES string of the molecule is CC(C)(CO)n1cc(C2=CC(C3CC3)CC=C2)cn1. The predicted octanol–water partition coefficient (Wildman–Crippen LogP) is 2.98. The maximum absolute atomic E-state index is 9.40. The van der Waals surface area contributed by atoms with E-state index in [1.165, 1.54) is 24.8 Å². The molecule has 0 aliphatic heterocycles. The molecule has 1 fully saturated rings. The van der Waals surface area contributed by atoms with Gasteiger partial charge < -0.3 is 5.11 Å². The Balaban J connectivity index is 1.84. The van der Waals surface area contributed by atoms with Crippen LogP contribution in [0, 0.1) is 11.8 Å². The van der Waals surface area contributed by atoms with E-state index in [0.29, 0.717) is 5.92 Å². The molecule has 0 spiro atoms. The molecule has 3 rings (SSSR count). The first-order valence-electron chi connectivity index (χ1n) is 7.15. The number of allylic oxidation sites excluding steroid dienone is 4. The third kappa shape index (κ3) is 2.52. The van der Waals surface area contributed by atoms with Crippen LogP contribution in [0.4, 0.5) is 0 Å². The molecule has 2 aliphatic rings. The molecule has 1 aromatic rings. The molecule has 1 atom stereocenters. The Labute approximate surface area is 114 Å². The first-order valence-corrected chi connectivity index (χ1v) is 7.15. The number of hydrogen-bond donors (Lipinski definition) is 1. The molecule has 1 heterocycles. The monoisotopic (exact) mass is 258 g/mol. The van der Waals surface area contributed by atoms with E-state index in [1.54, 1.807) is 0 Å². The fourth-order valence-electron chi connectivity index (χ4n) is 2.63. The van der Waals surface area contributed by atoms with Crippen LogP contribution >= 0.6 is 0 Å². The van der Waals surface area contributed by atoms with Crippen LogP contribution in [-0.4, -0.2) is 21.5 Å². The third-order valence-electron chi connectivity index (χ3n) is 4.25. The second-order valence-electron chi connectivity index (χ2n) is 6.41. The molecule has 102 valence electrons. The normalized spacial score (nSPS) is 23.5. The fourth-order valence-corrected chi connectivity index (χ4v) is 2.63. The van der Waals surface area contributed by atoms with Crippen LogP contribution in [0.5, 0.6) is 0 Å². The van der Waals surface area contributed by atoms with Crippen LogP contribution < -0.4 is 0 Å². The summed E-state index contributed by atoms with van der Waals surface area (Å²) in [5.74, 6) is 1.62. The molecule has 0 bridgehead atoms. The summed E-state index contributed by atoms with van der Waals surface area (Å²) in [5.41, 5.74) is 2.10. The van der Waals surface area contributed by atoms with Crippen molar-refractivity contribution in [1.82, 2.24) is 9.78 Å². The van der Waals surface area contributed by atoms with Gasteiger partial charge >= 0.3 is 0 Å². The molecular weight excluding hydrogens is 236 g/mol. The van der Waals surface area contributed by atoms with Crippen LogP contribution in [0.1, 0.15) is 38.7 Å². The number of rotatable bonds is 4. The zero-order chi connectivity index (χ0) is 13.5. The van der Waals surface area contributed by atoms with Gasteiger partial charge in [0, 0.05) is 11.8 Å². The van der Waals surface area contributed by atoms with E-state index < -0.39 is 0 Å². The topological polar surface area (TPSA) is 38.0 Å². The number of hydrogen-bond acceptors (Lipinski definition) is 2. The summed E-state index contributed by atoms with van der Waals surface area (Å²) in [4.78, 5) is 0. The molecule has 0 aromatic carbocycles. The van der Waals surface area contributed by atoms with Gasteiger partial charge in [0.2, 0.25) is 0 Å². The highest BCUT2D eigenvalue weighted by Crippen LogP contribution is 2.42. The van der Waals surface area contributed by atoms with Crippen LogP contribution in [0.3, 0.4) is 0 Å². The lowest BCUT2D eigenvalue weighted by Crippen LogP contribution is -2.30. The predicted molar refractivity (Wildman–Crippen MR) is 76.6 cm³/mol. The maximum Gasteiger partial charge on any atom is 0.0801 e. The van der Waals surface area contributed by atoms with Crippen molar-refractivity contribution in [2.45, 2.75) is 38.6 Å². The van der Waals surface area contributed by atoms with Gasteiger partial charge in [-0.3, -0.25) is 4.68 Å². The van der Waals surface area contributed by atoms with Crippen LogP contribution in [0.15, 0.2) is 30.6 Å². The Bertz CT molecular complexity index is 521. The Morgan fingerprint density at radius 3 is 2.89 bits per heavy atom. The second-order valence-corrected chi connectivity index (χ2v) is 6.41. The van der Waals surface area contributed by atoms with Crippen molar-refractivity contribution in [3.05, 3.63) is 36.2 Å². The van der Waals surface area contributed by atoms with E-state index in [-0.39, 0.29) is 12.1 Å². The molecule has 0 saturated heterocycles. The minimum atomic E-state index is -0.340. The van der Waals surface area contributed by atoms with E-state index in [2.05, 4.69) is 23.3 Å². The average molecular weight is 258 g/mol. The van der Waals surface area contributed by atoms with Gasteiger partial charge in [-0.15, -0.1) is 0 Å². The highest BCUT2D eigenvalue weighted by Gasteiger charge is 2.30. The van der Waals surface area contributed by atoms with E-state index in [9.17, 15) is 5.11 Å². The lowest BCUT2D eigenvalue weighted by atomic mass is 9.90. The van der Waals surface area contributed by atoms with E-state index in [1.807, 2.05) is 30.9 Å².